The summed E-state index contributed by atoms with van der Waals surface area (Å²) in [7, 11) is 1.70. The van der Waals surface area contributed by atoms with E-state index in [4.69, 9.17) is 9.47 Å². The van der Waals surface area contributed by atoms with Gasteiger partial charge in [0.1, 0.15) is 0 Å². The van der Waals surface area contributed by atoms with Crippen LogP contribution in [-0.2, 0) is 11.3 Å². The van der Waals surface area contributed by atoms with Gasteiger partial charge in [0.05, 0.1) is 13.2 Å². The fourth-order valence-electron chi connectivity index (χ4n) is 0.947. The first kappa shape index (κ1) is 11.4. The van der Waals surface area contributed by atoms with E-state index in [1.807, 2.05) is 13.1 Å². The predicted octanol–water partition coefficient (Wildman–Crippen LogP) is 1.28. The highest BCUT2D eigenvalue weighted by Crippen LogP contribution is 2.19. The summed E-state index contributed by atoms with van der Waals surface area (Å²) in [5.41, 5.74) is 0. The Balaban J connectivity index is 2.22. The van der Waals surface area contributed by atoms with Crippen LogP contribution in [0, 0.1) is 0 Å². The summed E-state index contributed by atoms with van der Waals surface area (Å²) in [6, 6.07) is 0. The molecular weight excluding hydrogens is 200 g/mol. The molecule has 0 aliphatic heterocycles. The SMILES string of the molecule is CCOc1ncc(CNCCOC)s1. The molecular formula is C9H16N2O2S. The maximum absolute atomic E-state index is 5.27. The third-order valence-electron chi connectivity index (χ3n) is 1.58. The van der Waals surface area contributed by atoms with E-state index < -0.39 is 0 Å². The Morgan fingerprint density at radius 1 is 1.57 bits per heavy atom. The number of ether oxygens (including phenoxy) is 2. The number of nitrogens with one attached hydrogen (secondary N) is 1. The third kappa shape index (κ3) is 4.04. The van der Waals surface area contributed by atoms with Gasteiger partial charge >= 0.3 is 0 Å². The van der Waals surface area contributed by atoms with Crippen molar-refractivity contribution in [3.63, 3.8) is 0 Å². The van der Waals surface area contributed by atoms with E-state index in [0.717, 1.165) is 24.9 Å². The molecule has 0 spiro atoms. The van der Waals surface area contributed by atoms with E-state index in [0.29, 0.717) is 6.61 Å². The van der Waals surface area contributed by atoms with Crippen molar-refractivity contribution in [3.8, 4) is 5.19 Å². The van der Waals surface area contributed by atoms with Crippen molar-refractivity contribution in [1.82, 2.24) is 10.3 Å². The highest BCUT2D eigenvalue weighted by molar-refractivity contribution is 7.13. The lowest BCUT2D eigenvalue weighted by Gasteiger charge is -2.00. The summed E-state index contributed by atoms with van der Waals surface area (Å²) in [5, 5.41) is 3.99. The van der Waals surface area contributed by atoms with Gasteiger partial charge in [0.25, 0.3) is 5.19 Å². The first-order valence-electron chi connectivity index (χ1n) is 4.64. The van der Waals surface area contributed by atoms with E-state index >= 15 is 0 Å². The Bertz CT molecular complexity index is 253. The van der Waals surface area contributed by atoms with Gasteiger partial charge in [0.2, 0.25) is 0 Å². The zero-order valence-electron chi connectivity index (χ0n) is 8.58. The van der Waals surface area contributed by atoms with Crippen molar-refractivity contribution in [2.24, 2.45) is 0 Å². The Morgan fingerprint density at radius 3 is 3.14 bits per heavy atom. The summed E-state index contributed by atoms with van der Waals surface area (Å²) in [4.78, 5) is 5.31. The molecule has 0 radical (unpaired) electrons. The maximum Gasteiger partial charge on any atom is 0.273 e. The molecule has 0 saturated carbocycles. The Labute approximate surface area is 88.3 Å². The molecule has 1 N–H and O–H groups in total. The van der Waals surface area contributed by atoms with Crippen LogP contribution in [0.4, 0.5) is 0 Å². The van der Waals surface area contributed by atoms with Gasteiger partial charge < -0.3 is 14.8 Å². The van der Waals surface area contributed by atoms with Crippen molar-refractivity contribution in [1.29, 1.82) is 0 Å². The van der Waals surface area contributed by atoms with Gasteiger partial charge in [0, 0.05) is 31.3 Å². The molecule has 0 aliphatic rings. The molecule has 0 atom stereocenters. The summed E-state index contributed by atoms with van der Waals surface area (Å²) in [6.45, 7) is 5.05. The monoisotopic (exact) mass is 216 g/mol. The van der Waals surface area contributed by atoms with Crippen LogP contribution in [0.15, 0.2) is 6.20 Å². The molecule has 0 aliphatic carbocycles. The summed E-state index contributed by atoms with van der Waals surface area (Å²) >= 11 is 1.58. The standard InChI is InChI=1S/C9H16N2O2S/c1-3-13-9-11-7-8(14-9)6-10-4-5-12-2/h7,10H,3-6H2,1-2H3. The first-order valence-corrected chi connectivity index (χ1v) is 5.45. The van der Waals surface area contributed by atoms with Crippen LogP contribution in [0.2, 0.25) is 0 Å². The second kappa shape index (κ2) is 6.75. The molecule has 0 fully saturated rings. The van der Waals surface area contributed by atoms with Gasteiger partial charge in [-0.25, -0.2) is 4.98 Å². The van der Waals surface area contributed by atoms with Crippen LogP contribution < -0.4 is 10.1 Å². The fourth-order valence-corrected chi connectivity index (χ4v) is 1.73. The van der Waals surface area contributed by atoms with Crippen LogP contribution in [0.5, 0.6) is 5.19 Å². The topological polar surface area (TPSA) is 43.4 Å². The molecule has 4 nitrogen and oxygen atoms in total. The quantitative estimate of drug-likeness (QED) is 0.697. The summed E-state index contributed by atoms with van der Waals surface area (Å²) in [5.74, 6) is 0. The summed E-state index contributed by atoms with van der Waals surface area (Å²) < 4.78 is 10.2. The maximum atomic E-state index is 5.27. The highest BCUT2D eigenvalue weighted by atomic mass is 32.1. The molecule has 1 aromatic rings. The molecule has 14 heavy (non-hydrogen) atoms. The number of methoxy groups -OCH3 is 1. The first-order chi connectivity index (χ1) is 6.86. The van der Waals surface area contributed by atoms with Crippen LogP contribution in [0.1, 0.15) is 11.8 Å². The molecule has 0 unspecified atom stereocenters. The van der Waals surface area contributed by atoms with E-state index in [9.17, 15) is 0 Å². The number of nitrogens with zero attached hydrogens (tertiary/aromatic N) is 1. The molecule has 0 bridgehead atoms. The molecule has 0 aromatic carbocycles. The van der Waals surface area contributed by atoms with Gasteiger partial charge in [0.15, 0.2) is 0 Å². The lowest BCUT2D eigenvalue weighted by Crippen LogP contribution is -2.17. The zero-order valence-corrected chi connectivity index (χ0v) is 9.39. The number of rotatable bonds is 7. The fraction of sp³-hybridized carbons (Fsp3) is 0.667. The molecule has 1 aromatic heterocycles. The van der Waals surface area contributed by atoms with Crippen molar-refractivity contribution in [3.05, 3.63) is 11.1 Å². The Hall–Kier alpha value is -0.650. The van der Waals surface area contributed by atoms with Gasteiger partial charge in [-0.05, 0) is 6.92 Å². The molecule has 80 valence electrons. The molecule has 1 heterocycles. The molecule has 0 saturated heterocycles. The highest BCUT2D eigenvalue weighted by Gasteiger charge is 2.00. The van der Waals surface area contributed by atoms with Gasteiger partial charge in [-0.2, -0.15) is 0 Å². The molecule has 5 heteroatoms. The van der Waals surface area contributed by atoms with Crippen LogP contribution in [0.3, 0.4) is 0 Å². The largest absolute Gasteiger partial charge is 0.470 e. The number of hydrogen-bond donors (Lipinski definition) is 1. The minimum Gasteiger partial charge on any atom is -0.470 e. The lowest BCUT2D eigenvalue weighted by molar-refractivity contribution is 0.199. The van der Waals surface area contributed by atoms with E-state index in [1.54, 1.807) is 18.4 Å². The van der Waals surface area contributed by atoms with Crippen molar-refractivity contribution in [2.75, 3.05) is 26.9 Å². The number of hydrogen-bond acceptors (Lipinski definition) is 5. The zero-order chi connectivity index (χ0) is 10.2. The van der Waals surface area contributed by atoms with Gasteiger partial charge in [-0.3, -0.25) is 0 Å². The van der Waals surface area contributed by atoms with Crippen molar-refractivity contribution in [2.45, 2.75) is 13.5 Å². The normalized spacial score (nSPS) is 10.4. The van der Waals surface area contributed by atoms with E-state index in [2.05, 4.69) is 10.3 Å². The average Bonchev–Trinajstić information content (AvgIpc) is 2.61. The smallest absolute Gasteiger partial charge is 0.273 e. The Kier molecular flexibility index (Phi) is 5.51. The minimum atomic E-state index is 0.671. The average molecular weight is 216 g/mol. The van der Waals surface area contributed by atoms with E-state index in [-0.39, 0.29) is 0 Å². The van der Waals surface area contributed by atoms with Crippen LogP contribution in [-0.4, -0.2) is 31.9 Å². The van der Waals surface area contributed by atoms with E-state index in [1.165, 1.54) is 4.88 Å². The molecule has 1 rings (SSSR count). The lowest BCUT2D eigenvalue weighted by atomic mass is 10.5. The van der Waals surface area contributed by atoms with Crippen LogP contribution >= 0.6 is 11.3 Å². The minimum absolute atomic E-state index is 0.671. The van der Waals surface area contributed by atoms with Crippen molar-refractivity contribution >= 4 is 11.3 Å². The predicted molar refractivity (Wildman–Crippen MR) is 56.9 cm³/mol. The molecule has 0 amide bonds. The van der Waals surface area contributed by atoms with Gasteiger partial charge in [-0.1, -0.05) is 11.3 Å². The second-order valence-corrected chi connectivity index (χ2v) is 3.77. The summed E-state index contributed by atoms with van der Waals surface area (Å²) in [6.07, 6.45) is 1.84. The van der Waals surface area contributed by atoms with Gasteiger partial charge in [-0.15, -0.1) is 0 Å². The second-order valence-electron chi connectivity index (χ2n) is 2.70. The third-order valence-corrected chi connectivity index (χ3v) is 2.49. The Morgan fingerprint density at radius 2 is 2.43 bits per heavy atom. The van der Waals surface area contributed by atoms with Crippen LogP contribution in [0.25, 0.3) is 0 Å². The number of thiazole rings is 1. The number of aromatic nitrogens is 1. The van der Waals surface area contributed by atoms with Crippen molar-refractivity contribution < 1.29 is 9.47 Å².